The van der Waals surface area contributed by atoms with E-state index in [0.717, 1.165) is 25.7 Å². The van der Waals surface area contributed by atoms with Crippen LogP contribution in [0.25, 0.3) is 0 Å². The summed E-state index contributed by atoms with van der Waals surface area (Å²) in [4.78, 5) is 12.3. The van der Waals surface area contributed by atoms with Gasteiger partial charge in [0.05, 0.1) is 0 Å². The van der Waals surface area contributed by atoms with Crippen LogP contribution in [0, 0.1) is 0 Å². The van der Waals surface area contributed by atoms with E-state index in [2.05, 4.69) is 19.2 Å². The van der Waals surface area contributed by atoms with Crippen molar-refractivity contribution in [1.29, 1.82) is 0 Å². The average molecular weight is 279 g/mol. The van der Waals surface area contributed by atoms with Gasteiger partial charge in [-0.15, -0.1) is 0 Å². The molecule has 1 aliphatic carbocycles. The smallest absolute Gasteiger partial charge is 0.251 e. The standard InChI is InChI=1S/C16H25NO3/c1-4-6-13(7-5-2)17-15(18)12-8-9-16(3)14(10-12)19-11-20-16/h8-10,13-14H,4-7,11H2,1-3H3,(H,17,18). The fourth-order valence-electron chi connectivity index (χ4n) is 2.72. The first-order chi connectivity index (χ1) is 9.59. The van der Waals surface area contributed by atoms with Gasteiger partial charge in [-0.05, 0) is 31.9 Å². The molecule has 1 saturated heterocycles. The van der Waals surface area contributed by atoms with E-state index in [1.54, 1.807) is 0 Å². The van der Waals surface area contributed by atoms with Crippen LogP contribution >= 0.6 is 0 Å². The summed E-state index contributed by atoms with van der Waals surface area (Å²) in [6.45, 7) is 6.54. The Hall–Kier alpha value is -1.13. The topological polar surface area (TPSA) is 47.6 Å². The Morgan fingerprint density at radius 1 is 1.45 bits per heavy atom. The van der Waals surface area contributed by atoms with Crippen LogP contribution in [0.15, 0.2) is 23.8 Å². The molecule has 20 heavy (non-hydrogen) atoms. The predicted molar refractivity (Wildman–Crippen MR) is 78.2 cm³/mol. The number of fused-ring (bicyclic) bond motifs is 1. The zero-order chi connectivity index (χ0) is 14.6. The highest BCUT2D eigenvalue weighted by Gasteiger charge is 2.40. The third-order valence-corrected chi connectivity index (χ3v) is 3.98. The average Bonchev–Trinajstić information content (AvgIpc) is 2.79. The van der Waals surface area contributed by atoms with Crippen LogP contribution in [0.3, 0.4) is 0 Å². The molecular weight excluding hydrogens is 254 g/mol. The number of amides is 1. The van der Waals surface area contributed by atoms with E-state index >= 15 is 0 Å². The van der Waals surface area contributed by atoms with Crippen molar-refractivity contribution in [2.45, 2.75) is 64.2 Å². The first kappa shape index (κ1) is 15.3. The summed E-state index contributed by atoms with van der Waals surface area (Å²) in [7, 11) is 0. The Morgan fingerprint density at radius 2 is 2.15 bits per heavy atom. The minimum atomic E-state index is -0.421. The van der Waals surface area contributed by atoms with E-state index in [-0.39, 0.29) is 24.8 Å². The number of hydrogen-bond acceptors (Lipinski definition) is 3. The van der Waals surface area contributed by atoms with Crippen molar-refractivity contribution in [2.75, 3.05) is 6.79 Å². The predicted octanol–water partition coefficient (Wildman–Crippen LogP) is 2.70. The Balaban J connectivity index is 1.99. The molecule has 1 N–H and O–H groups in total. The first-order valence-corrected chi connectivity index (χ1v) is 7.56. The number of hydrogen-bond donors (Lipinski definition) is 1. The molecule has 2 rings (SSSR count). The molecule has 0 aromatic heterocycles. The highest BCUT2D eigenvalue weighted by atomic mass is 16.7. The fraction of sp³-hybridized carbons (Fsp3) is 0.688. The summed E-state index contributed by atoms with van der Waals surface area (Å²) in [6.07, 6.45) is 9.69. The maximum Gasteiger partial charge on any atom is 0.251 e. The van der Waals surface area contributed by atoms with Gasteiger partial charge >= 0.3 is 0 Å². The van der Waals surface area contributed by atoms with Crippen LogP contribution in [0.2, 0.25) is 0 Å². The molecule has 2 aliphatic rings. The quantitative estimate of drug-likeness (QED) is 0.813. The van der Waals surface area contributed by atoms with Gasteiger partial charge in [-0.3, -0.25) is 4.79 Å². The second-order valence-corrected chi connectivity index (χ2v) is 5.74. The molecule has 2 unspecified atom stereocenters. The molecular formula is C16H25NO3. The normalized spacial score (nSPS) is 28.4. The molecule has 0 aromatic carbocycles. The molecule has 1 heterocycles. The van der Waals surface area contributed by atoms with Crippen molar-refractivity contribution in [3.05, 3.63) is 23.8 Å². The molecule has 112 valence electrons. The van der Waals surface area contributed by atoms with Crippen LogP contribution < -0.4 is 5.32 Å². The molecule has 1 amide bonds. The minimum Gasteiger partial charge on any atom is -0.349 e. The van der Waals surface area contributed by atoms with Crippen LogP contribution in [-0.2, 0) is 14.3 Å². The SMILES string of the molecule is CCCC(CCC)NC(=O)C1=CC2OCOC2(C)C=C1. The second-order valence-electron chi connectivity index (χ2n) is 5.74. The van der Waals surface area contributed by atoms with E-state index in [0.29, 0.717) is 5.57 Å². The van der Waals surface area contributed by atoms with Gasteiger partial charge in [0.15, 0.2) is 0 Å². The molecule has 0 bridgehead atoms. The van der Waals surface area contributed by atoms with Gasteiger partial charge in [-0.1, -0.05) is 32.8 Å². The van der Waals surface area contributed by atoms with Gasteiger partial charge in [0, 0.05) is 11.6 Å². The monoisotopic (exact) mass is 279 g/mol. The van der Waals surface area contributed by atoms with Crippen molar-refractivity contribution in [3.63, 3.8) is 0 Å². The fourth-order valence-corrected chi connectivity index (χ4v) is 2.72. The van der Waals surface area contributed by atoms with Gasteiger partial charge in [0.2, 0.25) is 0 Å². The molecule has 1 fully saturated rings. The van der Waals surface area contributed by atoms with Crippen LogP contribution in [0.1, 0.15) is 46.5 Å². The maximum absolute atomic E-state index is 12.3. The zero-order valence-corrected chi connectivity index (χ0v) is 12.6. The first-order valence-electron chi connectivity index (χ1n) is 7.56. The lowest BCUT2D eigenvalue weighted by Crippen LogP contribution is -2.39. The van der Waals surface area contributed by atoms with E-state index in [1.807, 2.05) is 25.2 Å². The van der Waals surface area contributed by atoms with Crippen LogP contribution in [0.5, 0.6) is 0 Å². The maximum atomic E-state index is 12.3. The molecule has 0 saturated carbocycles. The van der Waals surface area contributed by atoms with Crippen LogP contribution in [0.4, 0.5) is 0 Å². The summed E-state index contributed by atoms with van der Waals surface area (Å²) in [5.41, 5.74) is 0.255. The number of nitrogens with one attached hydrogen (secondary N) is 1. The molecule has 1 aliphatic heterocycles. The summed E-state index contributed by atoms with van der Waals surface area (Å²) >= 11 is 0. The molecule has 2 atom stereocenters. The number of rotatable bonds is 6. The van der Waals surface area contributed by atoms with E-state index in [9.17, 15) is 4.79 Å². The highest BCUT2D eigenvalue weighted by molar-refractivity contribution is 5.96. The van der Waals surface area contributed by atoms with Gasteiger partial charge < -0.3 is 14.8 Å². The lowest BCUT2D eigenvalue weighted by molar-refractivity contribution is -0.118. The number of carbonyl (C=O) groups excluding carboxylic acids is 1. The van der Waals surface area contributed by atoms with E-state index in [4.69, 9.17) is 9.47 Å². The van der Waals surface area contributed by atoms with Gasteiger partial charge in [0.1, 0.15) is 18.5 Å². The van der Waals surface area contributed by atoms with Gasteiger partial charge in [-0.2, -0.15) is 0 Å². The van der Waals surface area contributed by atoms with Crippen molar-refractivity contribution < 1.29 is 14.3 Å². The second kappa shape index (κ2) is 6.55. The number of carbonyl (C=O) groups is 1. The third-order valence-electron chi connectivity index (χ3n) is 3.98. The molecule has 0 radical (unpaired) electrons. The Labute approximate surface area is 121 Å². The molecule has 4 heteroatoms. The largest absolute Gasteiger partial charge is 0.349 e. The van der Waals surface area contributed by atoms with Crippen molar-refractivity contribution >= 4 is 5.91 Å². The van der Waals surface area contributed by atoms with Crippen molar-refractivity contribution in [1.82, 2.24) is 5.32 Å². The van der Waals surface area contributed by atoms with Crippen molar-refractivity contribution in [3.8, 4) is 0 Å². The summed E-state index contributed by atoms with van der Waals surface area (Å²) in [6, 6.07) is 0.265. The Bertz CT molecular complexity index is 410. The summed E-state index contributed by atoms with van der Waals surface area (Å²) in [5.74, 6) is -0.00861. The summed E-state index contributed by atoms with van der Waals surface area (Å²) in [5, 5.41) is 3.13. The van der Waals surface area contributed by atoms with Crippen LogP contribution in [-0.4, -0.2) is 30.4 Å². The molecule has 4 nitrogen and oxygen atoms in total. The van der Waals surface area contributed by atoms with Crippen molar-refractivity contribution in [2.24, 2.45) is 0 Å². The molecule has 0 aromatic rings. The van der Waals surface area contributed by atoms with Gasteiger partial charge in [0.25, 0.3) is 5.91 Å². The molecule has 0 spiro atoms. The Morgan fingerprint density at radius 3 is 2.80 bits per heavy atom. The van der Waals surface area contributed by atoms with Gasteiger partial charge in [-0.25, -0.2) is 0 Å². The highest BCUT2D eigenvalue weighted by Crippen LogP contribution is 2.32. The van der Waals surface area contributed by atoms with E-state index in [1.165, 1.54) is 0 Å². The number of ether oxygens (including phenoxy) is 2. The van der Waals surface area contributed by atoms with E-state index < -0.39 is 5.60 Å². The third kappa shape index (κ3) is 3.30. The Kier molecular flexibility index (Phi) is 5.00. The lowest BCUT2D eigenvalue weighted by Gasteiger charge is -2.27. The minimum absolute atomic E-state index is 0.00861. The zero-order valence-electron chi connectivity index (χ0n) is 12.6. The lowest BCUT2D eigenvalue weighted by atomic mass is 9.91. The summed E-state index contributed by atoms with van der Waals surface area (Å²) < 4.78 is 11.1.